The lowest BCUT2D eigenvalue weighted by molar-refractivity contribution is 0.0538. The summed E-state index contributed by atoms with van der Waals surface area (Å²) in [5.74, 6) is -2.58. The molecule has 0 atom stereocenters. The molecule has 0 radical (unpaired) electrons. The molecule has 0 bridgehead atoms. The summed E-state index contributed by atoms with van der Waals surface area (Å²) in [4.78, 5) is 29.9. The van der Waals surface area contributed by atoms with Crippen LogP contribution < -0.4 is 16.0 Å². The molecule has 0 unspecified atom stereocenters. The Bertz CT molecular complexity index is 1400. The molecule has 2 heterocycles. The Morgan fingerprint density at radius 1 is 1.26 bits per heavy atom. The van der Waals surface area contributed by atoms with Crippen molar-refractivity contribution in [1.29, 1.82) is 0 Å². The average molecular weight is 470 g/mol. The van der Waals surface area contributed by atoms with E-state index >= 15 is 0 Å². The molecule has 0 saturated carbocycles. The molecule has 178 valence electrons. The maximum atomic E-state index is 14.9. The number of nitrogen functional groups attached to an aromatic ring is 1. The van der Waals surface area contributed by atoms with E-state index in [0.717, 1.165) is 17.1 Å². The minimum atomic E-state index is -1.24. The summed E-state index contributed by atoms with van der Waals surface area (Å²) in [6.07, 6.45) is 7.33. The molecule has 0 saturated heterocycles. The van der Waals surface area contributed by atoms with Crippen LogP contribution >= 0.6 is 0 Å². The fourth-order valence-electron chi connectivity index (χ4n) is 3.50. The minimum absolute atomic E-state index is 0.000404. The molecule has 10 heteroatoms. The van der Waals surface area contributed by atoms with Crippen molar-refractivity contribution in [2.24, 2.45) is 0 Å². The highest BCUT2D eigenvalue weighted by molar-refractivity contribution is 5.91. The monoisotopic (exact) mass is 470 g/mol. The average Bonchev–Trinajstić information content (AvgIpc) is 3.12. The molecule has 2 N–H and O–H groups in total. The number of nitrogens with zero attached hydrogens (tertiary/aromatic N) is 3. The van der Waals surface area contributed by atoms with Crippen molar-refractivity contribution in [2.45, 2.75) is 45.8 Å². The first-order valence-electron chi connectivity index (χ1n) is 10.7. The van der Waals surface area contributed by atoms with E-state index in [2.05, 4.69) is 4.98 Å². The molecule has 1 aliphatic rings. The number of carbonyl (C=O) groups excluding carboxylic acids is 1. The minimum Gasteiger partial charge on any atom is -0.452 e. The molecule has 0 amide bonds. The lowest BCUT2D eigenvalue weighted by Gasteiger charge is -2.20. The lowest BCUT2D eigenvalue weighted by atomic mass is 10.2. The maximum Gasteiger partial charge on any atom is 0.420 e. The molecule has 4 rings (SSSR count). The SMILES string of the molecule is CC(C)(C)OC(=O)n1c(Cn2cccc(N)c2=O)nc2c(OC3=CCCC=C3)c(F)c(F)cc21. The van der Waals surface area contributed by atoms with Gasteiger partial charge in [-0.1, -0.05) is 6.08 Å². The summed E-state index contributed by atoms with van der Waals surface area (Å²) >= 11 is 0. The lowest BCUT2D eigenvalue weighted by Crippen LogP contribution is -2.30. The van der Waals surface area contributed by atoms with Crippen LogP contribution in [0.5, 0.6) is 5.75 Å². The summed E-state index contributed by atoms with van der Waals surface area (Å²) in [5, 5.41) is 0. The van der Waals surface area contributed by atoms with Crippen molar-refractivity contribution in [3.63, 3.8) is 0 Å². The number of halogens is 2. The van der Waals surface area contributed by atoms with Crippen LogP contribution in [0.2, 0.25) is 0 Å². The highest BCUT2D eigenvalue weighted by atomic mass is 19.2. The summed E-state index contributed by atoms with van der Waals surface area (Å²) in [6, 6.07) is 3.86. The molecule has 2 aromatic heterocycles. The standard InChI is InChI=1S/C24H24F2N4O4/c1-24(2,3)34-23(32)30-17-12-15(25)19(26)21(33-14-8-5-4-6-9-14)20(17)28-18(30)13-29-11-7-10-16(27)22(29)31/h5,7-12H,4,6,13,27H2,1-3H3. The van der Waals surface area contributed by atoms with Gasteiger partial charge in [0.15, 0.2) is 11.6 Å². The van der Waals surface area contributed by atoms with Gasteiger partial charge in [0.1, 0.15) is 22.7 Å². The van der Waals surface area contributed by atoms with Crippen LogP contribution in [0, 0.1) is 11.6 Å². The zero-order valence-electron chi connectivity index (χ0n) is 19.0. The third-order valence-corrected chi connectivity index (χ3v) is 4.99. The van der Waals surface area contributed by atoms with Gasteiger partial charge in [-0.3, -0.25) is 4.79 Å². The Morgan fingerprint density at radius 3 is 2.71 bits per heavy atom. The number of hydrogen-bond acceptors (Lipinski definition) is 6. The zero-order chi connectivity index (χ0) is 24.6. The Hall–Kier alpha value is -3.95. The number of rotatable bonds is 4. The molecule has 0 fully saturated rings. The fourth-order valence-corrected chi connectivity index (χ4v) is 3.50. The predicted molar refractivity (Wildman–Crippen MR) is 123 cm³/mol. The molecule has 3 aromatic rings. The van der Waals surface area contributed by atoms with Crippen molar-refractivity contribution in [2.75, 3.05) is 5.73 Å². The van der Waals surface area contributed by atoms with E-state index in [1.54, 1.807) is 39.0 Å². The number of allylic oxidation sites excluding steroid dienone is 3. The number of fused-ring (bicyclic) bond motifs is 1. The fraction of sp³-hybridized carbons (Fsp3) is 0.292. The maximum absolute atomic E-state index is 14.9. The largest absolute Gasteiger partial charge is 0.452 e. The van der Waals surface area contributed by atoms with Crippen molar-refractivity contribution >= 4 is 22.8 Å². The normalized spacial score (nSPS) is 13.7. The van der Waals surface area contributed by atoms with Gasteiger partial charge < -0.3 is 19.8 Å². The number of aromatic nitrogens is 3. The third-order valence-electron chi connectivity index (χ3n) is 4.99. The number of pyridine rings is 1. The van der Waals surface area contributed by atoms with Crippen molar-refractivity contribution in [1.82, 2.24) is 14.1 Å². The van der Waals surface area contributed by atoms with E-state index in [-0.39, 0.29) is 29.1 Å². The number of hydrogen-bond donors (Lipinski definition) is 1. The number of benzene rings is 1. The van der Waals surface area contributed by atoms with Crippen LogP contribution in [0.4, 0.5) is 19.3 Å². The second-order valence-electron chi connectivity index (χ2n) is 8.80. The van der Waals surface area contributed by atoms with Gasteiger partial charge in [0.25, 0.3) is 5.56 Å². The number of anilines is 1. The molecule has 34 heavy (non-hydrogen) atoms. The van der Waals surface area contributed by atoms with E-state index in [9.17, 15) is 18.4 Å². The molecule has 0 spiro atoms. The van der Waals surface area contributed by atoms with Gasteiger partial charge in [0.05, 0.1) is 17.7 Å². The quantitative estimate of drug-likeness (QED) is 0.602. The zero-order valence-corrected chi connectivity index (χ0v) is 19.0. The van der Waals surface area contributed by atoms with Crippen LogP contribution in [0.25, 0.3) is 11.0 Å². The highest BCUT2D eigenvalue weighted by Crippen LogP contribution is 2.34. The van der Waals surface area contributed by atoms with Gasteiger partial charge in [-0.15, -0.1) is 0 Å². The van der Waals surface area contributed by atoms with E-state index < -0.39 is 34.6 Å². The second-order valence-corrected chi connectivity index (χ2v) is 8.80. The van der Waals surface area contributed by atoms with Gasteiger partial charge in [0, 0.05) is 12.3 Å². The van der Waals surface area contributed by atoms with E-state index in [1.807, 2.05) is 6.08 Å². The molecule has 8 nitrogen and oxygen atoms in total. The predicted octanol–water partition coefficient (Wildman–Crippen LogP) is 4.50. The molecular weight excluding hydrogens is 446 g/mol. The number of imidazole rings is 1. The van der Waals surface area contributed by atoms with E-state index in [4.69, 9.17) is 15.2 Å². The van der Waals surface area contributed by atoms with Crippen LogP contribution in [0.3, 0.4) is 0 Å². The first-order valence-corrected chi connectivity index (χ1v) is 10.7. The summed E-state index contributed by atoms with van der Waals surface area (Å²) in [7, 11) is 0. The summed E-state index contributed by atoms with van der Waals surface area (Å²) < 4.78 is 42.9. The molecular formula is C24H24F2N4O4. The van der Waals surface area contributed by atoms with Crippen LogP contribution in [-0.4, -0.2) is 25.8 Å². The highest BCUT2D eigenvalue weighted by Gasteiger charge is 2.28. The summed E-state index contributed by atoms with van der Waals surface area (Å²) in [5.41, 5.74) is 4.18. The molecule has 1 aromatic carbocycles. The molecule has 0 aliphatic heterocycles. The number of nitrogens with two attached hydrogens (primary N) is 1. The van der Waals surface area contributed by atoms with Crippen molar-refractivity contribution < 1.29 is 23.0 Å². The van der Waals surface area contributed by atoms with Crippen molar-refractivity contribution in [3.05, 3.63) is 76.2 Å². The number of ether oxygens (including phenoxy) is 2. The molecule has 1 aliphatic carbocycles. The Morgan fingerprint density at radius 2 is 2.03 bits per heavy atom. The van der Waals surface area contributed by atoms with Gasteiger partial charge >= 0.3 is 6.09 Å². The van der Waals surface area contributed by atoms with E-state index in [1.165, 1.54) is 16.8 Å². The smallest absolute Gasteiger partial charge is 0.420 e. The Labute approximate surface area is 193 Å². The van der Waals surface area contributed by atoms with Crippen LogP contribution in [-0.2, 0) is 11.3 Å². The topological polar surface area (TPSA) is 101 Å². The second kappa shape index (κ2) is 8.77. The van der Waals surface area contributed by atoms with Crippen molar-refractivity contribution in [3.8, 4) is 5.75 Å². The van der Waals surface area contributed by atoms with Crippen LogP contribution in [0.1, 0.15) is 39.4 Å². The first-order chi connectivity index (χ1) is 16.0. The van der Waals surface area contributed by atoms with Gasteiger partial charge in [0.2, 0.25) is 5.82 Å². The van der Waals surface area contributed by atoms with Crippen LogP contribution in [0.15, 0.2) is 53.2 Å². The van der Waals surface area contributed by atoms with Gasteiger partial charge in [-0.25, -0.2) is 18.7 Å². The summed E-state index contributed by atoms with van der Waals surface area (Å²) in [6.45, 7) is 4.80. The van der Waals surface area contributed by atoms with E-state index in [0.29, 0.717) is 12.2 Å². The van der Waals surface area contributed by atoms with Gasteiger partial charge in [-0.2, -0.15) is 4.39 Å². The Kier molecular flexibility index (Phi) is 5.99. The Balaban J connectivity index is 1.93. The van der Waals surface area contributed by atoms with Gasteiger partial charge in [-0.05, 0) is 57.9 Å². The number of carbonyl (C=O) groups is 1. The third kappa shape index (κ3) is 4.57. The first kappa shape index (κ1) is 23.2.